The number of benzene rings is 2. The maximum atomic E-state index is 12.8. The predicted octanol–water partition coefficient (Wildman–Crippen LogP) is 6.26. The number of thioether (sulfide) groups is 2. The molecule has 8 rings (SSSR count). The van der Waals surface area contributed by atoms with Crippen LogP contribution in [-0.2, 0) is 93.1 Å². The van der Waals surface area contributed by atoms with Crippen molar-refractivity contribution in [2.75, 3.05) is 165 Å². The topological polar surface area (TPSA) is 515 Å². The van der Waals surface area contributed by atoms with Crippen LogP contribution in [0.1, 0.15) is 152 Å². The van der Waals surface area contributed by atoms with Crippen LogP contribution in [0.3, 0.4) is 0 Å². The van der Waals surface area contributed by atoms with Crippen LogP contribution in [0.2, 0.25) is 0 Å². The molecule has 16 N–H and O–H groups in total. The molecule has 2 aromatic carbocycles. The summed E-state index contributed by atoms with van der Waals surface area (Å²) in [4.78, 5) is 145. The molecule has 4 aromatic heterocycles. The number of carbonyl (C=O) groups is 10. The van der Waals surface area contributed by atoms with Crippen LogP contribution in [-0.4, -0.2) is 294 Å². The van der Waals surface area contributed by atoms with Crippen molar-refractivity contribution in [3.63, 3.8) is 0 Å². The van der Waals surface area contributed by atoms with Crippen molar-refractivity contribution < 1.29 is 87.3 Å². The second-order valence-electron chi connectivity index (χ2n) is 29.7. The quantitative estimate of drug-likeness (QED) is 0.0187. The van der Waals surface area contributed by atoms with E-state index in [-0.39, 0.29) is 114 Å². The number of nitrogen functional groups attached to an aromatic ring is 2. The van der Waals surface area contributed by atoms with Crippen molar-refractivity contribution in [1.82, 2.24) is 59.3 Å². The number of piperazine rings is 2. The Morgan fingerprint density at radius 3 is 1.28 bits per heavy atom. The molecule has 0 aliphatic carbocycles. The van der Waals surface area contributed by atoms with Gasteiger partial charge >= 0.3 is 23.9 Å². The Labute approximate surface area is 723 Å². The number of ether oxygens (including phenoxy) is 4. The fourth-order valence-electron chi connectivity index (χ4n) is 13.3. The minimum Gasteiger partial charge on any atom is -0.481 e. The third-order valence-electron chi connectivity index (χ3n) is 20.1. The summed E-state index contributed by atoms with van der Waals surface area (Å²) in [5, 5.41) is 45.6. The van der Waals surface area contributed by atoms with Crippen LogP contribution >= 0.6 is 23.5 Å². The first-order valence-electron chi connectivity index (χ1n) is 41.1. The summed E-state index contributed by atoms with van der Waals surface area (Å²) in [5.41, 5.74) is 33.7. The van der Waals surface area contributed by atoms with Gasteiger partial charge in [-0.3, -0.25) is 57.7 Å². The number of nitrogens with zero attached hydrogens (tertiary/aromatic N) is 10. The number of carbonyl (C=O) groups excluding carboxylic acids is 6. The van der Waals surface area contributed by atoms with E-state index >= 15 is 0 Å². The molecule has 0 spiro atoms. The van der Waals surface area contributed by atoms with Gasteiger partial charge in [0.15, 0.2) is 23.2 Å². The van der Waals surface area contributed by atoms with E-state index in [1.54, 1.807) is 0 Å². The number of hydrogen-bond donors (Lipinski definition) is 12. The van der Waals surface area contributed by atoms with Crippen molar-refractivity contribution in [3.8, 4) is 0 Å². The van der Waals surface area contributed by atoms with Crippen molar-refractivity contribution in [2.24, 2.45) is 11.5 Å². The molecule has 0 saturated carbocycles. The van der Waals surface area contributed by atoms with E-state index < -0.39 is 71.1 Å². The average Bonchev–Trinajstić information content (AvgIpc) is 1.65. The molecule has 122 heavy (non-hydrogen) atoms. The van der Waals surface area contributed by atoms with Crippen LogP contribution in [0.25, 0.3) is 22.1 Å². The van der Waals surface area contributed by atoms with E-state index in [0.29, 0.717) is 91.8 Å². The van der Waals surface area contributed by atoms with E-state index in [9.17, 15) is 53.1 Å². The summed E-state index contributed by atoms with van der Waals surface area (Å²) < 4.78 is 26.6. The SMILES string of the molecule is C.C.CCCCCNc1nc(N)nc2ccn(Cc3ccc(CN4CCN(C(=O)CCOCCOCCCC(=O)CNC(=O)C(CC(=O)O)SC[C@H](N)C(=O)O)CC4)cc3C)c12.CCCCCNc1nc(N)nc2ccn(Cc3ccc(CN4CCN(C(=O)CCOCCOCCCC(=O)CNC(=O)CC(SC[C@H](N)C(=O)O)C(=O)O)CC4)cc3C)c12. The first-order valence-corrected chi connectivity index (χ1v) is 43.2. The van der Waals surface area contributed by atoms with Gasteiger partial charge in [0.1, 0.15) is 28.4 Å². The van der Waals surface area contributed by atoms with Crippen LogP contribution in [0.5, 0.6) is 0 Å². The molecular formula is C84H130N18O18S2. The highest BCUT2D eigenvalue weighted by atomic mass is 32.2. The maximum absolute atomic E-state index is 12.8. The van der Waals surface area contributed by atoms with Gasteiger partial charge in [-0.15, -0.1) is 23.5 Å². The van der Waals surface area contributed by atoms with Gasteiger partial charge in [-0.05, 0) is 85.0 Å². The Balaban J connectivity index is 0.000000427. The van der Waals surface area contributed by atoms with Gasteiger partial charge in [-0.25, -0.2) is 9.97 Å². The van der Waals surface area contributed by atoms with Gasteiger partial charge in [0, 0.05) is 148 Å². The zero-order valence-corrected chi connectivity index (χ0v) is 71.1. The molecular weight excluding hydrogens is 1610 g/mol. The van der Waals surface area contributed by atoms with Crippen molar-refractivity contribution >= 4 is 128 Å². The van der Waals surface area contributed by atoms with E-state index in [4.69, 9.17) is 57.2 Å². The van der Waals surface area contributed by atoms with Crippen LogP contribution in [0.4, 0.5) is 23.5 Å². The van der Waals surface area contributed by atoms with E-state index in [1.807, 2.05) is 34.3 Å². The molecule has 2 saturated heterocycles. The molecule has 0 bridgehead atoms. The lowest BCUT2D eigenvalue weighted by Crippen LogP contribution is -2.48. The number of hydrogen-bond acceptors (Lipinski definition) is 28. The average molecular weight is 1740 g/mol. The molecule has 0 radical (unpaired) electrons. The third kappa shape index (κ3) is 36.4. The van der Waals surface area contributed by atoms with E-state index in [0.717, 1.165) is 148 Å². The van der Waals surface area contributed by atoms with Crippen LogP contribution < -0.4 is 44.2 Å². The molecule has 38 heteroatoms. The van der Waals surface area contributed by atoms with Gasteiger partial charge in [0.25, 0.3) is 0 Å². The molecule has 4 atom stereocenters. The third-order valence-corrected chi connectivity index (χ3v) is 22.8. The number of amides is 4. The zero-order chi connectivity index (χ0) is 86.9. The van der Waals surface area contributed by atoms with Crippen molar-refractivity contribution in [1.29, 1.82) is 0 Å². The number of carboxylic acid groups (broad SMARTS) is 4. The lowest BCUT2D eigenvalue weighted by molar-refractivity contribution is -0.139. The lowest BCUT2D eigenvalue weighted by atomic mass is 10.0. The van der Waals surface area contributed by atoms with Crippen molar-refractivity contribution in [2.45, 2.75) is 181 Å². The zero-order valence-electron chi connectivity index (χ0n) is 69.5. The number of Topliss-reactive ketones (excluding diaryl/α,β-unsaturated/α-hetero) is 2. The van der Waals surface area contributed by atoms with E-state index in [1.165, 1.54) is 33.4 Å². The number of nitrogens with one attached hydrogen (secondary N) is 4. The summed E-state index contributed by atoms with van der Waals surface area (Å²) in [5.74, 6) is -4.95. The number of aliphatic carboxylic acids is 4. The molecule has 2 aliphatic rings. The Bertz CT molecular complexity index is 4310. The number of anilines is 4. The number of carboxylic acids is 4. The van der Waals surface area contributed by atoms with Gasteiger partial charge in [0.2, 0.25) is 35.5 Å². The molecule has 36 nitrogen and oxygen atoms in total. The highest BCUT2D eigenvalue weighted by molar-refractivity contribution is 8.00. The molecule has 676 valence electrons. The summed E-state index contributed by atoms with van der Waals surface area (Å²) in [7, 11) is 0. The molecule has 6 heterocycles. The number of unbranched alkanes of at least 4 members (excludes halogenated alkanes) is 4. The fourth-order valence-corrected chi connectivity index (χ4v) is 15.4. The van der Waals surface area contributed by atoms with E-state index in [2.05, 4.69) is 124 Å². The largest absolute Gasteiger partial charge is 0.481 e. The second kappa shape index (κ2) is 55.5. The number of aromatic nitrogens is 6. The minimum absolute atomic E-state index is 0. The minimum atomic E-state index is -1.27. The molecule has 4 amide bonds. The van der Waals surface area contributed by atoms with Gasteiger partial charge in [-0.2, -0.15) is 9.97 Å². The highest BCUT2D eigenvalue weighted by Crippen LogP contribution is 2.28. The summed E-state index contributed by atoms with van der Waals surface area (Å²) in [6, 6.07) is 14.7. The Hall–Kier alpha value is -9.64. The highest BCUT2D eigenvalue weighted by Gasteiger charge is 2.29. The standard InChI is InChI=1S/2C41H61N9O9S.2CH4/c1-3-4-5-12-44-38-37-33(46-41(43)47-38)10-13-50(37)26-30-9-8-29(22-28(30)2)25-48-14-16-49(17-15-48)36(53)11-19-59-21-20-58-18-6-7-31(51)24-45-35(52)23-34(40(56)57)60-27-32(42)39(54)55;1-3-4-5-12-44-38-37-33(46-41(43)47-38)10-13-50(37)26-30-9-8-29(22-28(30)2)25-48-14-16-49(17-15-48)35(52)11-19-59-21-20-58-18-6-7-31(51)24-45-39(55)34(23-36(53)54)60-27-32(42)40(56)57;;/h8-10,13,22,32,34H,3-7,11-12,14-21,23-27,42H2,1-2H3,(H,45,52)(H,54,55)(H,56,57)(H3,43,44,46,47);8-10,13,22,32,34H,3-7,11-12,14-21,23-27,42H2,1-2H3,(H,45,55)(H,53,54)(H,56,57)(H3,43,44,46,47);2*1H4/t2*32-,34?;;/m00../s1. The number of rotatable bonds is 56. The second-order valence-corrected chi connectivity index (χ2v) is 32.2. The van der Waals surface area contributed by atoms with Crippen LogP contribution in [0.15, 0.2) is 60.9 Å². The van der Waals surface area contributed by atoms with Crippen molar-refractivity contribution in [3.05, 3.63) is 94.3 Å². The molecule has 6 aromatic rings. The summed E-state index contributed by atoms with van der Waals surface area (Å²) in [6.45, 7) is 21.0. The summed E-state index contributed by atoms with van der Waals surface area (Å²) in [6.07, 6.45) is 11.6. The van der Waals surface area contributed by atoms with Gasteiger partial charge in [-0.1, -0.05) is 90.8 Å². The first-order chi connectivity index (χ1) is 57.7. The fraction of sp³-hybridized carbons (Fsp3) is 0.595. The number of fused-ring (bicyclic) bond motifs is 2. The number of aryl methyl sites for hydroxylation is 2. The normalized spacial score (nSPS) is 14.0. The smallest absolute Gasteiger partial charge is 0.321 e. The Morgan fingerprint density at radius 2 is 0.885 bits per heavy atom. The first kappa shape index (κ1) is 103. The number of ketones is 2. The molecule has 2 unspecified atom stereocenters. The Kier molecular flexibility index (Phi) is 46.8. The Morgan fingerprint density at radius 1 is 0.475 bits per heavy atom. The number of nitrogens with two attached hydrogens (primary N) is 4. The maximum Gasteiger partial charge on any atom is 0.321 e. The molecule has 2 aliphatic heterocycles. The predicted molar refractivity (Wildman–Crippen MR) is 473 cm³/mol. The summed E-state index contributed by atoms with van der Waals surface area (Å²) >= 11 is 1.58. The van der Waals surface area contributed by atoms with Crippen LogP contribution in [0, 0.1) is 13.8 Å². The monoisotopic (exact) mass is 1740 g/mol. The van der Waals surface area contributed by atoms with Gasteiger partial charge in [0.05, 0.1) is 88.3 Å². The molecule has 2 fully saturated rings. The van der Waals surface area contributed by atoms with Gasteiger partial charge < -0.3 is 103 Å². The lowest BCUT2D eigenvalue weighted by Gasteiger charge is -2.35.